The summed E-state index contributed by atoms with van der Waals surface area (Å²) in [5, 5.41) is 2.90. The molecule has 5 heteroatoms. The Morgan fingerprint density at radius 1 is 1.37 bits per heavy atom. The Morgan fingerprint density at radius 3 is 2.47 bits per heavy atom. The second-order valence-electron chi connectivity index (χ2n) is 6.30. The van der Waals surface area contributed by atoms with Crippen LogP contribution in [0.25, 0.3) is 0 Å². The first-order valence-corrected chi connectivity index (χ1v) is 6.90. The van der Waals surface area contributed by atoms with Crippen molar-refractivity contribution in [2.75, 3.05) is 26.7 Å². The van der Waals surface area contributed by atoms with Gasteiger partial charge >= 0.3 is 6.09 Å². The minimum absolute atomic E-state index is 0.0473. The first kappa shape index (κ1) is 16.0. The number of Topliss-reactive ketones (excluding diaryl/α,β-unsaturated/α-hetero) is 1. The quantitative estimate of drug-likeness (QED) is 0.847. The molecule has 0 aliphatic carbocycles. The highest BCUT2D eigenvalue weighted by Crippen LogP contribution is 2.25. The van der Waals surface area contributed by atoms with E-state index in [1.165, 1.54) is 0 Å². The van der Waals surface area contributed by atoms with Gasteiger partial charge in [0.2, 0.25) is 0 Å². The van der Waals surface area contributed by atoms with Crippen molar-refractivity contribution >= 4 is 11.9 Å². The van der Waals surface area contributed by atoms with Crippen molar-refractivity contribution < 1.29 is 14.3 Å². The van der Waals surface area contributed by atoms with Crippen molar-refractivity contribution in [3.63, 3.8) is 0 Å². The van der Waals surface area contributed by atoms with Gasteiger partial charge in [0, 0.05) is 19.0 Å². The molecule has 0 spiro atoms. The fourth-order valence-corrected chi connectivity index (χ4v) is 2.42. The lowest BCUT2D eigenvalue weighted by Gasteiger charge is -2.36. The summed E-state index contributed by atoms with van der Waals surface area (Å²) in [6.45, 7) is 9.19. The Bertz CT molecular complexity index is 336. The molecule has 0 radical (unpaired) electrons. The molecule has 1 aliphatic heterocycles. The van der Waals surface area contributed by atoms with Gasteiger partial charge in [0.25, 0.3) is 0 Å². The number of hydrogen-bond acceptors (Lipinski definition) is 4. The van der Waals surface area contributed by atoms with E-state index in [4.69, 9.17) is 4.74 Å². The molecule has 0 aromatic heterocycles. The zero-order valence-corrected chi connectivity index (χ0v) is 12.7. The number of ketones is 1. The zero-order chi connectivity index (χ0) is 14.6. The van der Waals surface area contributed by atoms with Crippen LogP contribution in [0.5, 0.6) is 0 Å². The zero-order valence-electron chi connectivity index (χ0n) is 12.7. The monoisotopic (exact) mass is 270 g/mol. The number of carbonyl (C=O) groups excluding carboxylic acids is 2. The van der Waals surface area contributed by atoms with Crippen molar-refractivity contribution in [1.82, 2.24) is 10.2 Å². The highest BCUT2D eigenvalue weighted by atomic mass is 16.6. The lowest BCUT2D eigenvalue weighted by molar-refractivity contribution is -0.125. The number of nitrogens with zero attached hydrogens (tertiary/aromatic N) is 1. The fraction of sp³-hybridized carbons (Fsp3) is 0.857. The van der Waals surface area contributed by atoms with Crippen LogP contribution in [0.15, 0.2) is 0 Å². The highest BCUT2D eigenvalue weighted by Gasteiger charge is 2.34. The molecule has 110 valence electrons. The normalized spacial score (nSPS) is 24.2. The fourth-order valence-electron chi connectivity index (χ4n) is 2.42. The van der Waals surface area contributed by atoms with Gasteiger partial charge in [0.05, 0.1) is 6.54 Å². The summed E-state index contributed by atoms with van der Waals surface area (Å²) in [4.78, 5) is 25.6. The van der Waals surface area contributed by atoms with Crippen molar-refractivity contribution in [3.8, 4) is 0 Å². The SMILES string of the molecule is CNCC(=O)C1CCN(C(=O)OC(C)(C)C)CC1C. The summed E-state index contributed by atoms with van der Waals surface area (Å²) < 4.78 is 5.36. The molecule has 1 aliphatic rings. The van der Waals surface area contributed by atoms with E-state index in [-0.39, 0.29) is 23.7 Å². The van der Waals surface area contributed by atoms with Crippen LogP contribution in [0.2, 0.25) is 0 Å². The predicted octanol–water partition coefficient (Wildman–Crippen LogP) is 1.67. The van der Waals surface area contributed by atoms with Crippen LogP contribution in [0.4, 0.5) is 4.79 Å². The number of likely N-dealkylation sites (tertiary alicyclic amines) is 1. The minimum Gasteiger partial charge on any atom is -0.444 e. The maximum atomic E-state index is 12.0. The molecule has 2 unspecified atom stereocenters. The number of carbonyl (C=O) groups is 2. The van der Waals surface area contributed by atoms with E-state index < -0.39 is 5.60 Å². The third-order valence-electron chi connectivity index (χ3n) is 3.32. The summed E-state index contributed by atoms with van der Waals surface area (Å²) in [5.74, 6) is 0.465. The van der Waals surface area contributed by atoms with Crippen LogP contribution in [0.1, 0.15) is 34.1 Å². The number of nitrogens with one attached hydrogen (secondary N) is 1. The molecule has 19 heavy (non-hydrogen) atoms. The molecule has 1 rings (SSSR count). The van der Waals surface area contributed by atoms with Crippen LogP contribution >= 0.6 is 0 Å². The van der Waals surface area contributed by atoms with Gasteiger partial charge in [-0.15, -0.1) is 0 Å². The summed E-state index contributed by atoms with van der Waals surface area (Å²) in [5.41, 5.74) is -0.473. The van der Waals surface area contributed by atoms with Crippen molar-refractivity contribution in [1.29, 1.82) is 0 Å². The number of rotatable bonds is 3. The second-order valence-corrected chi connectivity index (χ2v) is 6.30. The van der Waals surface area contributed by atoms with Gasteiger partial charge in [-0.1, -0.05) is 6.92 Å². The number of piperidine rings is 1. The number of hydrogen-bond donors (Lipinski definition) is 1. The number of ether oxygens (including phenoxy) is 1. The molecule has 1 fully saturated rings. The second kappa shape index (κ2) is 6.37. The third kappa shape index (κ3) is 4.82. The molecule has 1 saturated heterocycles. The van der Waals surface area contributed by atoms with Crippen LogP contribution in [0, 0.1) is 11.8 Å². The average molecular weight is 270 g/mol. The van der Waals surface area contributed by atoms with E-state index in [1.807, 2.05) is 27.7 Å². The van der Waals surface area contributed by atoms with Gasteiger partial charge in [0.1, 0.15) is 11.4 Å². The van der Waals surface area contributed by atoms with Gasteiger partial charge in [-0.3, -0.25) is 4.79 Å². The first-order valence-electron chi connectivity index (χ1n) is 6.90. The van der Waals surface area contributed by atoms with Crippen LogP contribution in [-0.2, 0) is 9.53 Å². The minimum atomic E-state index is -0.473. The Kier molecular flexibility index (Phi) is 5.35. The van der Waals surface area contributed by atoms with Crippen LogP contribution < -0.4 is 5.32 Å². The highest BCUT2D eigenvalue weighted by molar-refractivity contribution is 5.83. The van der Waals surface area contributed by atoms with Crippen molar-refractivity contribution in [2.45, 2.75) is 39.7 Å². The largest absolute Gasteiger partial charge is 0.444 e. The summed E-state index contributed by atoms with van der Waals surface area (Å²) in [6.07, 6.45) is 0.444. The van der Waals surface area contributed by atoms with Gasteiger partial charge in [-0.05, 0) is 40.2 Å². The molecule has 1 heterocycles. The molecule has 0 aromatic rings. The molecule has 5 nitrogen and oxygen atoms in total. The van der Waals surface area contributed by atoms with Gasteiger partial charge < -0.3 is 15.0 Å². The maximum Gasteiger partial charge on any atom is 0.410 e. The predicted molar refractivity (Wildman–Crippen MR) is 74.0 cm³/mol. The topological polar surface area (TPSA) is 58.6 Å². The third-order valence-corrected chi connectivity index (χ3v) is 3.32. The van der Waals surface area contributed by atoms with E-state index in [2.05, 4.69) is 5.32 Å². The van der Waals surface area contributed by atoms with E-state index in [9.17, 15) is 9.59 Å². The Hall–Kier alpha value is -1.10. The Balaban J connectivity index is 2.54. The van der Waals surface area contributed by atoms with E-state index in [0.717, 1.165) is 6.42 Å². The molecule has 2 atom stereocenters. The standard InChI is InChI=1S/C14H26N2O3/c1-10-9-16(13(18)19-14(2,3)4)7-6-11(10)12(17)8-15-5/h10-11,15H,6-9H2,1-5H3. The molecular formula is C14H26N2O3. The molecule has 1 N–H and O–H groups in total. The van der Waals surface area contributed by atoms with Gasteiger partial charge in [-0.25, -0.2) is 4.79 Å². The number of likely N-dealkylation sites (N-methyl/N-ethyl adjacent to an activating group) is 1. The van der Waals surface area contributed by atoms with Gasteiger partial charge in [0.15, 0.2) is 0 Å². The summed E-state index contributed by atoms with van der Waals surface area (Å²) >= 11 is 0. The molecule has 0 saturated carbocycles. The van der Waals surface area contributed by atoms with Crippen molar-refractivity contribution in [2.24, 2.45) is 11.8 Å². The molecule has 0 bridgehead atoms. The molecule has 1 amide bonds. The Labute approximate surface area is 115 Å². The van der Waals surface area contributed by atoms with E-state index in [1.54, 1.807) is 11.9 Å². The average Bonchev–Trinajstić information content (AvgIpc) is 2.26. The lowest BCUT2D eigenvalue weighted by Crippen LogP contribution is -2.47. The smallest absolute Gasteiger partial charge is 0.410 e. The Morgan fingerprint density at radius 2 is 2.00 bits per heavy atom. The maximum absolute atomic E-state index is 12.0. The first-order chi connectivity index (χ1) is 8.74. The van der Waals surface area contributed by atoms with Crippen molar-refractivity contribution in [3.05, 3.63) is 0 Å². The lowest BCUT2D eigenvalue weighted by atomic mass is 9.84. The van der Waals surface area contributed by atoms with Crippen LogP contribution in [0.3, 0.4) is 0 Å². The summed E-state index contributed by atoms with van der Waals surface area (Å²) in [6, 6.07) is 0. The summed E-state index contributed by atoms with van der Waals surface area (Å²) in [7, 11) is 1.78. The van der Waals surface area contributed by atoms with Crippen LogP contribution in [-0.4, -0.2) is 49.1 Å². The number of amides is 1. The van der Waals surface area contributed by atoms with Gasteiger partial charge in [-0.2, -0.15) is 0 Å². The van der Waals surface area contributed by atoms with E-state index >= 15 is 0 Å². The molecule has 0 aromatic carbocycles. The van der Waals surface area contributed by atoms with E-state index in [0.29, 0.717) is 19.6 Å². The molecular weight excluding hydrogens is 244 g/mol.